The normalized spacial score (nSPS) is 26.6. The number of nitrogens with one attached hydrogen (secondary N) is 3. The Morgan fingerprint density at radius 1 is 1.24 bits per heavy atom. The summed E-state index contributed by atoms with van der Waals surface area (Å²) in [6, 6.07) is 5.05. The smallest absolute Gasteiger partial charge is 0.330 e. The Morgan fingerprint density at radius 2 is 1.97 bits per heavy atom. The molecule has 174 valence electrons. The molecular weight excluding hydrogens is 430 g/mol. The van der Waals surface area contributed by atoms with E-state index in [0.717, 1.165) is 24.1 Å². The number of fused-ring (bicyclic) bond motifs is 5. The van der Waals surface area contributed by atoms with Crippen LogP contribution in [0.25, 0.3) is 11.3 Å². The highest BCUT2D eigenvalue weighted by molar-refractivity contribution is 5.89. The maximum Gasteiger partial charge on any atom is 0.330 e. The monoisotopic (exact) mass is 456 g/mol. The molecule has 3 N–H and O–H groups in total. The zero-order valence-corrected chi connectivity index (χ0v) is 18.7. The Bertz CT molecular complexity index is 1140. The highest BCUT2D eigenvalue weighted by Crippen LogP contribution is 2.67. The van der Waals surface area contributed by atoms with Gasteiger partial charge in [-0.25, -0.2) is 19.0 Å². The van der Waals surface area contributed by atoms with Crippen LogP contribution in [0.1, 0.15) is 50.8 Å². The molecule has 1 saturated carbocycles. The van der Waals surface area contributed by atoms with Gasteiger partial charge in [-0.1, -0.05) is 19.9 Å². The largest absolute Gasteiger partial charge is 0.339 e. The maximum atomic E-state index is 14.4. The summed E-state index contributed by atoms with van der Waals surface area (Å²) in [5.41, 5.74) is 6.09. The molecule has 5 rings (SSSR count). The first-order chi connectivity index (χ1) is 15.7. The van der Waals surface area contributed by atoms with E-state index < -0.39 is 29.2 Å². The lowest BCUT2D eigenvalue weighted by Gasteiger charge is -2.41. The summed E-state index contributed by atoms with van der Waals surface area (Å²) in [7, 11) is 0. The number of hydrogen-bond donors (Lipinski definition) is 3. The first kappa shape index (κ1) is 21.7. The zero-order chi connectivity index (χ0) is 23.5. The van der Waals surface area contributed by atoms with Crippen molar-refractivity contribution in [3.05, 3.63) is 47.2 Å². The highest BCUT2D eigenvalue weighted by atomic mass is 19.1. The molecule has 3 atom stereocenters. The molecule has 2 bridgehead atoms. The third-order valence-electron chi connectivity index (χ3n) is 7.84. The molecule has 10 heteroatoms. The van der Waals surface area contributed by atoms with Crippen molar-refractivity contribution in [2.24, 2.45) is 5.41 Å². The fraction of sp³-hybridized carbons (Fsp3) is 0.478. The van der Waals surface area contributed by atoms with Gasteiger partial charge in [0.25, 0.3) is 5.91 Å². The molecule has 8 nitrogen and oxygen atoms in total. The van der Waals surface area contributed by atoms with Gasteiger partial charge in [0, 0.05) is 18.5 Å². The van der Waals surface area contributed by atoms with Crippen molar-refractivity contribution in [3.8, 4) is 11.3 Å². The number of carbonyl (C=O) groups excluding carboxylic acids is 2. The molecule has 2 aromatic rings. The highest BCUT2D eigenvalue weighted by Gasteiger charge is 2.64. The minimum atomic E-state index is -0.840. The van der Waals surface area contributed by atoms with Gasteiger partial charge in [0.15, 0.2) is 6.17 Å². The third kappa shape index (κ3) is 3.03. The van der Waals surface area contributed by atoms with Crippen LogP contribution in [0.5, 0.6) is 0 Å². The van der Waals surface area contributed by atoms with Crippen molar-refractivity contribution >= 4 is 11.9 Å². The summed E-state index contributed by atoms with van der Waals surface area (Å²) < 4.78 is 28.8. The number of nitrogens with zero attached hydrogens (tertiary/aromatic N) is 3. The van der Waals surface area contributed by atoms with Crippen LogP contribution in [0.15, 0.2) is 24.3 Å². The van der Waals surface area contributed by atoms with Gasteiger partial charge in [0.05, 0.1) is 17.0 Å². The average Bonchev–Trinajstić information content (AvgIpc) is 3.37. The molecular formula is C23H26F2N6O2. The van der Waals surface area contributed by atoms with Gasteiger partial charge in [-0.05, 0) is 54.9 Å². The van der Waals surface area contributed by atoms with Gasteiger partial charge in [0.1, 0.15) is 11.6 Å². The van der Waals surface area contributed by atoms with Crippen LogP contribution < -0.4 is 16.2 Å². The fourth-order valence-electron chi connectivity index (χ4n) is 5.96. The Labute approximate surface area is 190 Å². The third-order valence-corrected chi connectivity index (χ3v) is 7.84. The lowest BCUT2D eigenvalue weighted by atomic mass is 9.68. The number of carbonyl (C=O) groups is 2. The van der Waals surface area contributed by atoms with Gasteiger partial charge in [-0.3, -0.25) is 10.2 Å². The quantitative estimate of drug-likeness (QED) is 0.642. The van der Waals surface area contributed by atoms with Crippen molar-refractivity contribution in [2.45, 2.75) is 51.1 Å². The van der Waals surface area contributed by atoms with Crippen LogP contribution in [0.4, 0.5) is 13.6 Å². The van der Waals surface area contributed by atoms with Gasteiger partial charge < -0.3 is 10.2 Å². The van der Waals surface area contributed by atoms with E-state index in [1.54, 1.807) is 11.0 Å². The maximum absolute atomic E-state index is 14.4. The second kappa shape index (κ2) is 7.44. The number of amides is 3. The Kier molecular flexibility index (Phi) is 4.89. The summed E-state index contributed by atoms with van der Waals surface area (Å²) in [4.78, 5) is 26.3. The van der Waals surface area contributed by atoms with Crippen LogP contribution in [0.2, 0.25) is 0 Å². The minimum Gasteiger partial charge on any atom is -0.339 e. The molecule has 2 heterocycles. The van der Waals surface area contributed by atoms with E-state index in [9.17, 15) is 18.4 Å². The van der Waals surface area contributed by atoms with Crippen molar-refractivity contribution < 1.29 is 18.4 Å². The number of hydrogen-bond acceptors (Lipinski definition) is 5. The molecule has 1 aromatic carbocycles. The lowest BCUT2D eigenvalue weighted by molar-refractivity contribution is -0.135. The van der Waals surface area contributed by atoms with Gasteiger partial charge in [-0.15, -0.1) is 0 Å². The number of likely N-dealkylation sites (N-methyl/N-ethyl adjacent to an activating group) is 1. The Morgan fingerprint density at radius 3 is 2.61 bits per heavy atom. The summed E-state index contributed by atoms with van der Waals surface area (Å²) in [5.74, 6) is -1.46. The molecule has 1 saturated heterocycles. The molecule has 1 unspecified atom stereocenters. The number of benzene rings is 1. The first-order valence-corrected chi connectivity index (χ1v) is 11.1. The SMILES string of the molecule is CCN(C[C@@]12CC[C@@H](c3cc(-c4c(F)cccc4F)nnc31)C2(C)C)C(=O)C1NNC(=O)N1. The van der Waals surface area contributed by atoms with E-state index in [4.69, 9.17) is 0 Å². The number of hydrazine groups is 1. The summed E-state index contributed by atoms with van der Waals surface area (Å²) >= 11 is 0. The molecule has 0 spiro atoms. The molecule has 33 heavy (non-hydrogen) atoms. The van der Waals surface area contributed by atoms with Crippen LogP contribution in [-0.4, -0.2) is 46.3 Å². The summed E-state index contributed by atoms with van der Waals surface area (Å²) in [6.45, 7) is 7.08. The summed E-state index contributed by atoms with van der Waals surface area (Å²) in [5, 5.41) is 11.3. The number of rotatable bonds is 5. The average molecular weight is 456 g/mol. The molecule has 1 aromatic heterocycles. The van der Waals surface area contributed by atoms with Gasteiger partial charge in [0.2, 0.25) is 0 Å². The number of urea groups is 1. The van der Waals surface area contributed by atoms with Crippen molar-refractivity contribution in [2.75, 3.05) is 13.1 Å². The predicted molar refractivity (Wildman–Crippen MR) is 116 cm³/mol. The molecule has 1 aliphatic heterocycles. The Balaban J connectivity index is 1.53. The van der Waals surface area contributed by atoms with Crippen LogP contribution in [0, 0.1) is 17.0 Å². The molecule has 2 aliphatic carbocycles. The van der Waals surface area contributed by atoms with Crippen molar-refractivity contribution in [1.82, 2.24) is 31.3 Å². The Hall–Kier alpha value is -3.14. The second-order valence-electron chi connectivity index (χ2n) is 9.55. The van der Waals surface area contributed by atoms with E-state index >= 15 is 0 Å². The van der Waals surface area contributed by atoms with E-state index in [1.165, 1.54) is 18.2 Å². The first-order valence-electron chi connectivity index (χ1n) is 11.1. The van der Waals surface area contributed by atoms with Crippen LogP contribution in [0.3, 0.4) is 0 Å². The standard InChI is InChI=1S/C23H26F2N6O2/c1-4-31(20(32)19-26-21(33)30-29-19)11-23-9-8-13(22(23,2)3)12-10-16(27-28-18(12)23)17-14(24)6-5-7-15(17)25/h5-7,10,13,19,29H,4,8-9,11H2,1-3H3,(H2,26,30,33)/t13-,19?,23-/m0/s1. The topological polar surface area (TPSA) is 99.2 Å². The van der Waals surface area contributed by atoms with E-state index in [1.807, 2.05) is 6.92 Å². The number of halogens is 2. The molecule has 2 fully saturated rings. The minimum absolute atomic E-state index is 0.136. The molecule has 3 aliphatic rings. The van der Waals surface area contributed by atoms with E-state index in [-0.39, 0.29) is 28.5 Å². The molecule has 0 radical (unpaired) electrons. The second-order valence-corrected chi connectivity index (χ2v) is 9.55. The van der Waals surface area contributed by atoms with Gasteiger partial charge >= 0.3 is 6.03 Å². The van der Waals surface area contributed by atoms with E-state index in [0.29, 0.717) is 13.1 Å². The van der Waals surface area contributed by atoms with Crippen molar-refractivity contribution in [1.29, 1.82) is 0 Å². The molecule has 3 amide bonds. The fourth-order valence-corrected chi connectivity index (χ4v) is 5.96. The zero-order valence-electron chi connectivity index (χ0n) is 18.7. The lowest BCUT2D eigenvalue weighted by Crippen LogP contribution is -2.55. The van der Waals surface area contributed by atoms with E-state index in [2.05, 4.69) is 40.2 Å². The van der Waals surface area contributed by atoms with Crippen LogP contribution >= 0.6 is 0 Å². The number of aromatic nitrogens is 2. The summed E-state index contributed by atoms with van der Waals surface area (Å²) in [6.07, 6.45) is 0.871. The van der Waals surface area contributed by atoms with Crippen LogP contribution in [-0.2, 0) is 10.2 Å². The van der Waals surface area contributed by atoms with Crippen molar-refractivity contribution in [3.63, 3.8) is 0 Å². The predicted octanol–water partition coefficient (Wildman–Crippen LogP) is 2.57. The van der Waals surface area contributed by atoms with Gasteiger partial charge in [-0.2, -0.15) is 10.2 Å².